The molecular formula is C19H32N4O2. The second-order valence-corrected chi connectivity index (χ2v) is 7.67. The Morgan fingerprint density at radius 1 is 1.28 bits per heavy atom. The highest BCUT2D eigenvalue weighted by atomic mass is 16.5. The molecular weight excluding hydrogens is 316 g/mol. The van der Waals surface area contributed by atoms with Crippen molar-refractivity contribution in [3.05, 3.63) is 17.0 Å². The molecule has 1 unspecified atom stereocenters. The van der Waals surface area contributed by atoms with Gasteiger partial charge in [-0.1, -0.05) is 19.3 Å². The molecule has 2 heterocycles. The monoisotopic (exact) mass is 348 g/mol. The van der Waals surface area contributed by atoms with Crippen LogP contribution in [0.3, 0.4) is 0 Å². The van der Waals surface area contributed by atoms with Crippen LogP contribution in [0.15, 0.2) is 0 Å². The summed E-state index contributed by atoms with van der Waals surface area (Å²) in [5, 5.41) is 10.5. The van der Waals surface area contributed by atoms with Crippen molar-refractivity contribution in [3.8, 4) is 0 Å². The average molecular weight is 348 g/mol. The highest BCUT2D eigenvalue weighted by molar-refractivity contribution is 5.83. The molecule has 6 nitrogen and oxygen atoms in total. The number of H-pyrrole nitrogens is 1. The predicted molar refractivity (Wildman–Crippen MR) is 97.7 cm³/mol. The number of carbonyl (C=O) groups is 1. The van der Waals surface area contributed by atoms with Crippen LogP contribution in [0.1, 0.15) is 61.9 Å². The number of hydrogen-bond donors (Lipinski definition) is 2. The van der Waals surface area contributed by atoms with Gasteiger partial charge in [-0.3, -0.25) is 14.8 Å². The third kappa shape index (κ3) is 3.90. The maximum atomic E-state index is 12.8. The molecule has 1 aliphatic carbocycles. The number of rotatable bonds is 5. The first-order valence-electron chi connectivity index (χ1n) is 9.65. The SMILES string of the molecule is Cc1n[nH]c(C)c1C(C)C(=O)NCC1(N2CCOCC2)CCCCC1. The molecule has 0 spiro atoms. The summed E-state index contributed by atoms with van der Waals surface area (Å²) < 4.78 is 5.54. The van der Waals surface area contributed by atoms with Gasteiger partial charge < -0.3 is 10.1 Å². The number of morpholine rings is 1. The molecule has 1 aromatic heterocycles. The van der Waals surface area contributed by atoms with Crippen LogP contribution in [-0.4, -0.2) is 59.4 Å². The topological polar surface area (TPSA) is 70.2 Å². The second kappa shape index (κ2) is 7.87. The van der Waals surface area contributed by atoms with E-state index in [0.717, 1.165) is 49.8 Å². The molecule has 1 aliphatic heterocycles. The molecule has 140 valence electrons. The highest BCUT2D eigenvalue weighted by Gasteiger charge is 2.39. The summed E-state index contributed by atoms with van der Waals surface area (Å²) in [5.74, 6) is -0.0742. The summed E-state index contributed by atoms with van der Waals surface area (Å²) in [4.78, 5) is 15.4. The van der Waals surface area contributed by atoms with E-state index in [9.17, 15) is 4.79 Å². The van der Waals surface area contributed by atoms with Crippen LogP contribution in [0, 0.1) is 13.8 Å². The van der Waals surface area contributed by atoms with Crippen molar-refractivity contribution in [2.45, 2.75) is 64.3 Å². The van der Waals surface area contributed by atoms with Crippen molar-refractivity contribution >= 4 is 5.91 Å². The zero-order chi connectivity index (χ0) is 17.9. The first-order valence-corrected chi connectivity index (χ1v) is 9.65. The maximum Gasteiger partial charge on any atom is 0.227 e. The number of aryl methyl sites for hydroxylation is 2. The van der Waals surface area contributed by atoms with E-state index in [1.54, 1.807) is 0 Å². The van der Waals surface area contributed by atoms with Crippen LogP contribution in [-0.2, 0) is 9.53 Å². The van der Waals surface area contributed by atoms with Gasteiger partial charge in [0.2, 0.25) is 5.91 Å². The van der Waals surface area contributed by atoms with Crippen LogP contribution in [0.25, 0.3) is 0 Å². The van der Waals surface area contributed by atoms with E-state index < -0.39 is 0 Å². The van der Waals surface area contributed by atoms with Gasteiger partial charge in [-0.15, -0.1) is 0 Å². The molecule has 6 heteroatoms. The Balaban J connectivity index is 1.67. The third-order valence-electron chi connectivity index (χ3n) is 6.07. The lowest BCUT2D eigenvalue weighted by Crippen LogP contribution is -2.59. The Morgan fingerprint density at radius 3 is 2.56 bits per heavy atom. The van der Waals surface area contributed by atoms with Gasteiger partial charge in [0.25, 0.3) is 0 Å². The van der Waals surface area contributed by atoms with Gasteiger partial charge in [0.15, 0.2) is 0 Å². The fourth-order valence-corrected chi connectivity index (χ4v) is 4.59. The Morgan fingerprint density at radius 2 is 1.96 bits per heavy atom. The first kappa shape index (κ1) is 18.4. The molecule has 3 rings (SSSR count). The number of aromatic nitrogens is 2. The van der Waals surface area contributed by atoms with Gasteiger partial charge in [-0.2, -0.15) is 5.10 Å². The molecule has 1 amide bonds. The second-order valence-electron chi connectivity index (χ2n) is 7.67. The molecule has 1 atom stereocenters. The molecule has 0 radical (unpaired) electrons. The molecule has 1 saturated heterocycles. The minimum atomic E-state index is -0.177. The van der Waals surface area contributed by atoms with Crippen molar-refractivity contribution < 1.29 is 9.53 Å². The molecule has 1 saturated carbocycles. The summed E-state index contributed by atoms with van der Waals surface area (Å²) in [6, 6.07) is 0. The molecule has 25 heavy (non-hydrogen) atoms. The zero-order valence-electron chi connectivity index (χ0n) is 15.9. The van der Waals surface area contributed by atoms with Gasteiger partial charge in [0.1, 0.15) is 0 Å². The van der Waals surface area contributed by atoms with E-state index in [4.69, 9.17) is 4.74 Å². The van der Waals surface area contributed by atoms with Crippen LogP contribution in [0.4, 0.5) is 0 Å². The quantitative estimate of drug-likeness (QED) is 0.856. The van der Waals surface area contributed by atoms with E-state index in [1.807, 2.05) is 20.8 Å². The number of hydrogen-bond acceptors (Lipinski definition) is 4. The lowest BCUT2D eigenvalue weighted by molar-refractivity contribution is -0.123. The fraction of sp³-hybridized carbons (Fsp3) is 0.789. The van der Waals surface area contributed by atoms with E-state index in [-0.39, 0.29) is 17.4 Å². The Hall–Kier alpha value is -1.40. The number of nitrogens with one attached hydrogen (secondary N) is 2. The summed E-state index contributed by atoms with van der Waals surface area (Å²) in [6.45, 7) is 10.2. The Bertz CT molecular complexity index is 567. The van der Waals surface area contributed by atoms with Crippen molar-refractivity contribution in [1.29, 1.82) is 0 Å². The normalized spacial score (nSPS) is 22.5. The van der Waals surface area contributed by atoms with Gasteiger partial charge in [0, 0.05) is 36.4 Å². The van der Waals surface area contributed by atoms with E-state index in [1.165, 1.54) is 32.1 Å². The molecule has 0 bridgehead atoms. The summed E-state index contributed by atoms with van der Waals surface area (Å²) in [6.07, 6.45) is 6.16. The van der Waals surface area contributed by atoms with Gasteiger partial charge in [-0.05, 0) is 33.6 Å². The van der Waals surface area contributed by atoms with Crippen LogP contribution >= 0.6 is 0 Å². The average Bonchev–Trinajstić information content (AvgIpc) is 2.99. The number of nitrogens with zero attached hydrogens (tertiary/aromatic N) is 2. The molecule has 2 fully saturated rings. The standard InChI is InChI=1S/C19H32N4O2/c1-14(17-15(2)21-22-16(17)3)18(24)20-13-19(7-5-4-6-8-19)23-9-11-25-12-10-23/h14H,4-13H2,1-3H3,(H,20,24)(H,21,22). The molecule has 1 aromatic rings. The number of ether oxygens (including phenoxy) is 1. The van der Waals surface area contributed by atoms with Gasteiger partial charge in [-0.25, -0.2) is 0 Å². The molecule has 0 aromatic carbocycles. The zero-order valence-corrected chi connectivity index (χ0v) is 15.9. The maximum absolute atomic E-state index is 12.8. The van der Waals surface area contributed by atoms with Gasteiger partial charge in [0.05, 0.1) is 24.8 Å². The van der Waals surface area contributed by atoms with E-state index in [0.29, 0.717) is 0 Å². The summed E-state index contributed by atoms with van der Waals surface area (Å²) in [5.41, 5.74) is 3.04. The molecule has 2 N–H and O–H groups in total. The number of aromatic amines is 1. The van der Waals surface area contributed by atoms with Crippen molar-refractivity contribution in [2.75, 3.05) is 32.8 Å². The van der Waals surface area contributed by atoms with Crippen molar-refractivity contribution in [3.63, 3.8) is 0 Å². The third-order valence-corrected chi connectivity index (χ3v) is 6.07. The fourth-order valence-electron chi connectivity index (χ4n) is 4.59. The Kier molecular flexibility index (Phi) is 5.79. The van der Waals surface area contributed by atoms with Crippen molar-refractivity contribution in [2.24, 2.45) is 0 Å². The largest absolute Gasteiger partial charge is 0.379 e. The van der Waals surface area contributed by atoms with E-state index >= 15 is 0 Å². The summed E-state index contributed by atoms with van der Waals surface area (Å²) >= 11 is 0. The summed E-state index contributed by atoms with van der Waals surface area (Å²) in [7, 11) is 0. The van der Waals surface area contributed by atoms with Crippen LogP contribution < -0.4 is 5.32 Å². The lowest BCUT2D eigenvalue weighted by Gasteiger charge is -2.48. The molecule has 2 aliphatic rings. The first-order chi connectivity index (χ1) is 12.0. The highest BCUT2D eigenvalue weighted by Crippen LogP contribution is 2.34. The smallest absolute Gasteiger partial charge is 0.227 e. The predicted octanol–water partition coefficient (Wildman–Crippen LogP) is 2.28. The van der Waals surface area contributed by atoms with Crippen molar-refractivity contribution in [1.82, 2.24) is 20.4 Å². The lowest BCUT2D eigenvalue weighted by atomic mass is 9.79. The number of carbonyl (C=O) groups excluding carboxylic acids is 1. The Labute approximate surface area is 150 Å². The van der Waals surface area contributed by atoms with Crippen LogP contribution in [0.5, 0.6) is 0 Å². The van der Waals surface area contributed by atoms with Gasteiger partial charge >= 0.3 is 0 Å². The minimum absolute atomic E-state index is 0.103. The van der Waals surface area contributed by atoms with E-state index in [2.05, 4.69) is 20.4 Å². The number of amides is 1. The van der Waals surface area contributed by atoms with Crippen LogP contribution in [0.2, 0.25) is 0 Å². The minimum Gasteiger partial charge on any atom is -0.379 e.